The highest BCUT2D eigenvalue weighted by atomic mass is 32.2. The quantitative estimate of drug-likeness (QED) is 0.714. The number of aliphatic hydroxyl groups is 1. The fourth-order valence-corrected chi connectivity index (χ4v) is 2.30. The number of nitrogens with one attached hydrogen (secondary N) is 1. The van der Waals surface area contributed by atoms with Crippen LogP contribution in [-0.4, -0.2) is 32.4 Å². The van der Waals surface area contributed by atoms with E-state index in [-0.39, 0.29) is 12.4 Å². The van der Waals surface area contributed by atoms with Gasteiger partial charge in [-0.05, 0) is 30.7 Å². The molecule has 0 unspecified atom stereocenters. The topological polar surface area (TPSA) is 66.4 Å². The average molecular weight is 257 g/mol. The van der Waals surface area contributed by atoms with Crippen molar-refractivity contribution in [3.8, 4) is 0 Å². The van der Waals surface area contributed by atoms with Crippen molar-refractivity contribution in [3.05, 3.63) is 29.8 Å². The van der Waals surface area contributed by atoms with Gasteiger partial charge in [-0.25, -0.2) is 8.42 Å². The molecular weight excluding hydrogens is 238 g/mol. The van der Waals surface area contributed by atoms with E-state index in [0.29, 0.717) is 11.4 Å². The third-order valence-corrected chi connectivity index (χ3v) is 4.25. The third-order valence-electron chi connectivity index (χ3n) is 2.50. The molecule has 0 atom stereocenters. The Labute approximate surface area is 103 Å². The second-order valence-corrected chi connectivity index (χ2v) is 6.08. The number of benzene rings is 1. The fourth-order valence-electron chi connectivity index (χ4n) is 1.42. The largest absolute Gasteiger partial charge is 0.396 e. The zero-order valence-corrected chi connectivity index (χ0v) is 10.8. The third kappa shape index (κ3) is 4.46. The van der Waals surface area contributed by atoms with Crippen LogP contribution in [0.2, 0.25) is 0 Å². The van der Waals surface area contributed by atoms with Crippen molar-refractivity contribution in [2.75, 3.05) is 18.9 Å². The van der Waals surface area contributed by atoms with Crippen LogP contribution < -0.4 is 5.32 Å². The van der Waals surface area contributed by atoms with Crippen molar-refractivity contribution in [1.82, 2.24) is 5.32 Å². The summed E-state index contributed by atoms with van der Waals surface area (Å²) in [5.74, 6) is 0.126. The molecular formula is C12H19NO3S. The lowest BCUT2D eigenvalue weighted by Crippen LogP contribution is -2.15. The Morgan fingerprint density at radius 1 is 1.24 bits per heavy atom. The molecule has 1 aromatic carbocycles. The van der Waals surface area contributed by atoms with E-state index < -0.39 is 9.84 Å². The molecule has 0 saturated heterocycles. The molecule has 0 aliphatic heterocycles. The normalized spacial score (nSPS) is 11.6. The summed E-state index contributed by atoms with van der Waals surface area (Å²) in [6, 6.07) is 6.91. The van der Waals surface area contributed by atoms with Crippen LogP contribution in [0.25, 0.3) is 0 Å². The molecule has 0 aliphatic rings. The van der Waals surface area contributed by atoms with Gasteiger partial charge in [0.15, 0.2) is 9.84 Å². The van der Waals surface area contributed by atoms with Gasteiger partial charge in [0, 0.05) is 13.2 Å². The van der Waals surface area contributed by atoms with Crippen molar-refractivity contribution < 1.29 is 13.5 Å². The van der Waals surface area contributed by atoms with E-state index in [2.05, 4.69) is 5.32 Å². The summed E-state index contributed by atoms with van der Waals surface area (Å²) in [5, 5.41) is 11.8. The highest BCUT2D eigenvalue weighted by molar-refractivity contribution is 7.91. The Hall–Kier alpha value is -0.910. The SMILES string of the molecule is CCS(=O)(=O)c1ccc(CNCCCO)cc1. The Balaban J connectivity index is 2.57. The van der Waals surface area contributed by atoms with Gasteiger partial charge >= 0.3 is 0 Å². The van der Waals surface area contributed by atoms with Gasteiger partial charge in [0.05, 0.1) is 10.6 Å². The van der Waals surface area contributed by atoms with Crippen LogP contribution in [0.3, 0.4) is 0 Å². The molecule has 96 valence electrons. The Morgan fingerprint density at radius 3 is 2.41 bits per heavy atom. The van der Waals surface area contributed by atoms with Gasteiger partial charge in [-0.15, -0.1) is 0 Å². The number of rotatable bonds is 7. The first kappa shape index (κ1) is 14.2. The molecule has 5 heteroatoms. The van der Waals surface area contributed by atoms with Gasteiger partial charge in [0.1, 0.15) is 0 Å². The van der Waals surface area contributed by atoms with Gasteiger partial charge < -0.3 is 10.4 Å². The second kappa shape index (κ2) is 6.74. The van der Waals surface area contributed by atoms with E-state index >= 15 is 0 Å². The molecule has 0 radical (unpaired) electrons. The molecule has 0 heterocycles. The fraction of sp³-hybridized carbons (Fsp3) is 0.500. The summed E-state index contributed by atoms with van der Waals surface area (Å²) >= 11 is 0. The van der Waals surface area contributed by atoms with Crippen LogP contribution in [-0.2, 0) is 16.4 Å². The monoisotopic (exact) mass is 257 g/mol. The average Bonchev–Trinajstić information content (AvgIpc) is 2.35. The minimum atomic E-state index is -3.10. The molecule has 0 aromatic heterocycles. The van der Waals surface area contributed by atoms with Crippen molar-refractivity contribution in [2.24, 2.45) is 0 Å². The highest BCUT2D eigenvalue weighted by Gasteiger charge is 2.10. The van der Waals surface area contributed by atoms with Crippen LogP contribution >= 0.6 is 0 Å². The lowest BCUT2D eigenvalue weighted by Gasteiger charge is -2.05. The van der Waals surface area contributed by atoms with E-state index in [0.717, 1.165) is 18.5 Å². The summed E-state index contributed by atoms with van der Waals surface area (Å²) < 4.78 is 23.1. The molecule has 2 N–H and O–H groups in total. The zero-order valence-electron chi connectivity index (χ0n) is 10.0. The molecule has 17 heavy (non-hydrogen) atoms. The lowest BCUT2D eigenvalue weighted by atomic mass is 10.2. The Bertz CT molecular complexity index is 426. The maximum absolute atomic E-state index is 11.6. The number of hydrogen-bond donors (Lipinski definition) is 2. The van der Waals surface area contributed by atoms with E-state index in [1.165, 1.54) is 0 Å². The standard InChI is InChI=1S/C12H19NO3S/c1-2-17(15,16)12-6-4-11(5-7-12)10-13-8-3-9-14/h4-7,13-14H,2-3,8-10H2,1H3. The van der Waals surface area contributed by atoms with E-state index in [1.54, 1.807) is 19.1 Å². The molecule has 4 nitrogen and oxygen atoms in total. The summed E-state index contributed by atoms with van der Waals surface area (Å²) in [7, 11) is -3.10. The predicted molar refractivity (Wildman–Crippen MR) is 67.6 cm³/mol. The first-order chi connectivity index (χ1) is 8.10. The van der Waals surface area contributed by atoms with E-state index in [9.17, 15) is 8.42 Å². The van der Waals surface area contributed by atoms with Crippen LogP contribution in [0.1, 0.15) is 18.9 Å². The van der Waals surface area contributed by atoms with Crippen LogP contribution in [0.5, 0.6) is 0 Å². The summed E-state index contributed by atoms with van der Waals surface area (Å²) in [4.78, 5) is 0.374. The van der Waals surface area contributed by atoms with Crippen LogP contribution in [0.15, 0.2) is 29.2 Å². The van der Waals surface area contributed by atoms with Gasteiger partial charge in [-0.3, -0.25) is 0 Å². The smallest absolute Gasteiger partial charge is 0.178 e. The molecule has 0 aliphatic carbocycles. The first-order valence-electron chi connectivity index (χ1n) is 5.73. The Morgan fingerprint density at radius 2 is 1.88 bits per heavy atom. The first-order valence-corrected chi connectivity index (χ1v) is 7.38. The minimum absolute atomic E-state index is 0.126. The molecule has 0 fully saturated rings. The maximum atomic E-state index is 11.6. The molecule has 0 saturated carbocycles. The molecule has 0 amide bonds. The van der Waals surface area contributed by atoms with Crippen LogP contribution in [0.4, 0.5) is 0 Å². The minimum Gasteiger partial charge on any atom is -0.396 e. The van der Waals surface area contributed by atoms with E-state index in [1.807, 2.05) is 12.1 Å². The molecule has 1 aromatic rings. The second-order valence-electron chi connectivity index (χ2n) is 3.80. The summed E-state index contributed by atoms with van der Waals surface area (Å²) in [5.41, 5.74) is 1.04. The molecule has 1 rings (SSSR count). The maximum Gasteiger partial charge on any atom is 0.178 e. The van der Waals surface area contributed by atoms with Crippen LogP contribution in [0, 0.1) is 0 Å². The number of hydrogen-bond acceptors (Lipinski definition) is 4. The van der Waals surface area contributed by atoms with Gasteiger partial charge in [-0.1, -0.05) is 19.1 Å². The van der Waals surface area contributed by atoms with Gasteiger partial charge in [0.2, 0.25) is 0 Å². The highest BCUT2D eigenvalue weighted by Crippen LogP contribution is 2.12. The summed E-state index contributed by atoms with van der Waals surface area (Å²) in [6.45, 7) is 3.26. The van der Waals surface area contributed by atoms with Gasteiger partial charge in [0.25, 0.3) is 0 Å². The molecule has 0 bridgehead atoms. The Kier molecular flexibility index (Phi) is 5.61. The zero-order chi connectivity index (χ0) is 12.7. The van der Waals surface area contributed by atoms with Crippen molar-refractivity contribution in [2.45, 2.75) is 24.8 Å². The molecule has 0 spiro atoms. The van der Waals surface area contributed by atoms with Crippen molar-refractivity contribution in [1.29, 1.82) is 0 Å². The van der Waals surface area contributed by atoms with Crippen molar-refractivity contribution >= 4 is 9.84 Å². The number of sulfone groups is 1. The predicted octanol–water partition coefficient (Wildman–Crippen LogP) is 0.952. The summed E-state index contributed by atoms with van der Waals surface area (Å²) in [6.07, 6.45) is 0.725. The van der Waals surface area contributed by atoms with E-state index in [4.69, 9.17) is 5.11 Å². The number of aliphatic hydroxyl groups excluding tert-OH is 1. The lowest BCUT2D eigenvalue weighted by molar-refractivity contribution is 0.286. The van der Waals surface area contributed by atoms with Crippen molar-refractivity contribution in [3.63, 3.8) is 0 Å². The van der Waals surface area contributed by atoms with Gasteiger partial charge in [-0.2, -0.15) is 0 Å².